The van der Waals surface area contributed by atoms with E-state index in [1.165, 1.54) is 0 Å². The van der Waals surface area contributed by atoms with Gasteiger partial charge >= 0.3 is 5.97 Å². The molecular formula is C19H21N3O4. The van der Waals surface area contributed by atoms with Gasteiger partial charge in [0.1, 0.15) is 12.1 Å². The third-order valence-corrected chi connectivity index (χ3v) is 4.86. The lowest BCUT2D eigenvalue weighted by molar-refractivity contribution is 0.0366. The number of fused-ring (bicyclic) bond motifs is 5. The quantitative estimate of drug-likeness (QED) is 0.792. The van der Waals surface area contributed by atoms with Crippen LogP contribution in [0, 0.1) is 0 Å². The molecule has 0 spiro atoms. The molecule has 1 aromatic heterocycles. The van der Waals surface area contributed by atoms with Crippen molar-refractivity contribution >= 4 is 11.9 Å². The predicted octanol–water partition coefficient (Wildman–Crippen LogP) is 2.74. The van der Waals surface area contributed by atoms with Gasteiger partial charge in [-0.25, -0.2) is 9.78 Å². The number of rotatable bonds is 3. The van der Waals surface area contributed by atoms with Crippen LogP contribution in [0.15, 0.2) is 24.5 Å². The minimum absolute atomic E-state index is 0.0479. The van der Waals surface area contributed by atoms with Crippen LogP contribution < -0.4 is 4.74 Å². The van der Waals surface area contributed by atoms with Crippen LogP contribution >= 0.6 is 0 Å². The SMILES string of the molecule is COc1ccc2c(c1)C(=O)N1CCCC1c1c(C(=O)OC(C)C)ncn1-2. The Morgan fingerprint density at radius 2 is 2.15 bits per heavy atom. The highest BCUT2D eigenvalue weighted by atomic mass is 16.5. The molecule has 1 saturated heterocycles. The molecule has 2 aliphatic rings. The summed E-state index contributed by atoms with van der Waals surface area (Å²) in [4.78, 5) is 31.9. The topological polar surface area (TPSA) is 73.7 Å². The van der Waals surface area contributed by atoms with Gasteiger partial charge in [-0.1, -0.05) is 0 Å². The molecule has 0 saturated carbocycles. The molecule has 1 unspecified atom stereocenters. The molecule has 1 atom stereocenters. The lowest BCUT2D eigenvalue weighted by atomic mass is 10.1. The van der Waals surface area contributed by atoms with Crippen molar-refractivity contribution in [3.05, 3.63) is 41.5 Å². The number of hydrogen-bond donors (Lipinski definition) is 0. The van der Waals surface area contributed by atoms with E-state index in [-0.39, 0.29) is 23.7 Å². The number of methoxy groups -OCH3 is 1. The van der Waals surface area contributed by atoms with Crippen molar-refractivity contribution in [2.45, 2.75) is 38.8 Å². The fourth-order valence-corrected chi connectivity index (χ4v) is 3.77. The maximum atomic E-state index is 13.1. The lowest BCUT2D eigenvalue weighted by Crippen LogP contribution is -2.30. The average molecular weight is 355 g/mol. The fourth-order valence-electron chi connectivity index (χ4n) is 3.77. The summed E-state index contributed by atoms with van der Waals surface area (Å²) in [6.07, 6.45) is 3.06. The van der Waals surface area contributed by atoms with Crippen molar-refractivity contribution in [2.75, 3.05) is 13.7 Å². The van der Waals surface area contributed by atoms with Gasteiger partial charge < -0.3 is 14.4 Å². The Kier molecular flexibility index (Phi) is 3.94. The second-order valence-corrected chi connectivity index (χ2v) is 6.84. The zero-order valence-corrected chi connectivity index (χ0v) is 15.1. The number of ether oxygens (including phenoxy) is 2. The van der Waals surface area contributed by atoms with Crippen LogP contribution in [-0.4, -0.2) is 46.1 Å². The van der Waals surface area contributed by atoms with Gasteiger partial charge in [0.2, 0.25) is 0 Å². The first-order valence-electron chi connectivity index (χ1n) is 8.79. The number of benzene rings is 1. The molecule has 0 aliphatic carbocycles. The van der Waals surface area contributed by atoms with Crippen LogP contribution in [0.2, 0.25) is 0 Å². The summed E-state index contributed by atoms with van der Waals surface area (Å²) in [6.45, 7) is 4.27. The number of nitrogens with zero attached hydrogens (tertiary/aromatic N) is 3. The monoisotopic (exact) mass is 355 g/mol. The van der Waals surface area contributed by atoms with Gasteiger partial charge in [0.25, 0.3) is 5.91 Å². The number of imidazole rings is 1. The zero-order chi connectivity index (χ0) is 18.4. The Balaban J connectivity index is 1.92. The largest absolute Gasteiger partial charge is 0.497 e. The van der Waals surface area contributed by atoms with Crippen molar-refractivity contribution in [2.24, 2.45) is 0 Å². The van der Waals surface area contributed by atoms with E-state index in [4.69, 9.17) is 9.47 Å². The second-order valence-electron chi connectivity index (χ2n) is 6.84. The maximum Gasteiger partial charge on any atom is 0.359 e. The molecule has 2 aromatic rings. The number of carbonyl (C=O) groups excluding carboxylic acids is 2. The molecule has 0 radical (unpaired) electrons. The van der Waals surface area contributed by atoms with Gasteiger partial charge in [0.15, 0.2) is 5.69 Å². The number of carbonyl (C=O) groups is 2. The molecule has 2 aliphatic heterocycles. The van der Waals surface area contributed by atoms with E-state index in [0.29, 0.717) is 23.5 Å². The van der Waals surface area contributed by atoms with Crippen LogP contribution in [0.4, 0.5) is 0 Å². The van der Waals surface area contributed by atoms with Gasteiger partial charge in [-0.3, -0.25) is 9.36 Å². The van der Waals surface area contributed by atoms with Crippen molar-refractivity contribution < 1.29 is 19.1 Å². The van der Waals surface area contributed by atoms with Crippen LogP contribution in [0.25, 0.3) is 5.69 Å². The number of amides is 1. The van der Waals surface area contributed by atoms with E-state index in [1.807, 2.05) is 15.5 Å². The first kappa shape index (κ1) is 16.6. The molecule has 0 N–H and O–H groups in total. The molecule has 26 heavy (non-hydrogen) atoms. The summed E-state index contributed by atoms with van der Waals surface area (Å²) in [6, 6.07) is 5.20. The summed E-state index contributed by atoms with van der Waals surface area (Å²) in [5, 5.41) is 0. The van der Waals surface area contributed by atoms with Crippen LogP contribution in [0.5, 0.6) is 5.75 Å². The van der Waals surface area contributed by atoms with Crippen LogP contribution in [0.1, 0.15) is 59.3 Å². The minimum Gasteiger partial charge on any atom is -0.497 e. The fraction of sp³-hybridized carbons (Fsp3) is 0.421. The molecule has 1 aromatic carbocycles. The Hall–Kier alpha value is -2.83. The Morgan fingerprint density at radius 3 is 2.88 bits per heavy atom. The Morgan fingerprint density at radius 1 is 1.35 bits per heavy atom. The van der Waals surface area contributed by atoms with E-state index in [2.05, 4.69) is 4.98 Å². The van der Waals surface area contributed by atoms with Crippen molar-refractivity contribution in [1.82, 2.24) is 14.5 Å². The molecule has 4 rings (SSSR count). The molecule has 7 nitrogen and oxygen atoms in total. The first-order valence-corrected chi connectivity index (χ1v) is 8.79. The molecule has 3 heterocycles. The number of esters is 1. The predicted molar refractivity (Wildman–Crippen MR) is 93.7 cm³/mol. The average Bonchev–Trinajstić information content (AvgIpc) is 3.24. The van der Waals surface area contributed by atoms with Crippen molar-refractivity contribution in [1.29, 1.82) is 0 Å². The molecule has 7 heteroatoms. The smallest absolute Gasteiger partial charge is 0.359 e. The standard InChI is InChI=1S/C19H21N3O4/c1-11(2)26-19(24)16-17-15-5-4-8-21(15)18(23)13-9-12(25-3)6-7-14(13)22(17)10-20-16/h6-7,9-11,15H,4-5,8H2,1-3H3. The van der Waals surface area contributed by atoms with Crippen LogP contribution in [-0.2, 0) is 4.74 Å². The molecule has 0 bridgehead atoms. The van der Waals surface area contributed by atoms with Gasteiger partial charge in [0, 0.05) is 6.54 Å². The van der Waals surface area contributed by atoms with E-state index >= 15 is 0 Å². The summed E-state index contributed by atoms with van der Waals surface area (Å²) >= 11 is 0. The van der Waals surface area contributed by atoms with Crippen molar-refractivity contribution in [3.8, 4) is 11.4 Å². The molecule has 136 valence electrons. The number of hydrogen-bond acceptors (Lipinski definition) is 5. The van der Waals surface area contributed by atoms with E-state index in [0.717, 1.165) is 18.5 Å². The third kappa shape index (κ3) is 2.46. The number of aromatic nitrogens is 2. The normalized spacial score (nSPS) is 18.2. The highest BCUT2D eigenvalue weighted by Crippen LogP contribution is 2.40. The molecule has 1 amide bonds. The maximum absolute atomic E-state index is 13.1. The highest BCUT2D eigenvalue weighted by molar-refractivity contribution is 6.00. The van der Waals surface area contributed by atoms with Gasteiger partial charge in [0.05, 0.1) is 36.2 Å². The molecule has 1 fully saturated rings. The molecular weight excluding hydrogens is 334 g/mol. The first-order chi connectivity index (χ1) is 12.5. The highest BCUT2D eigenvalue weighted by Gasteiger charge is 2.40. The summed E-state index contributed by atoms with van der Waals surface area (Å²) < 4.78 is 12.5. The second kappa shape index (κ2) is 6.16. The zero-order valence-electron chi connectivity index (χ0n) is 15.1. The Bertz CT molecular complexity index is 887. The van der Waals surface area contributed by atoms with E-state index < -0.39 is 5.97 Å². The third-order valence-electron chi connectivity index (χ3n) is 4.86. The van der Waals surface area contributed by atoms with Crippen molar-refractivity contribution in [3.63, 3.8) is 0 Å². The van der Waals surface area contributed by atoms with E-state index in [1.54, 1.807) is 39.4 Å². The lowest BCUT2D eigenvalue weighted by Gasteiger charge is -2.23. The van der Waals surface area contributed by atoms with Gasteiger partial charge in [-0.15, -0.1) is 0 Å². The van der Waals surface area contributed by atoms with E-state index in [9.17, 15) is 9.59 Å². The Labute approximate surface area is 151 Å². The minimum atomic E-state index is -0.454. The summed E-state index contributed by atoms with van der Waals surface area (Å²) in [5.74, 6) is 0.120. The summed E-state index contributed by atoms with van der Waals surface area (Å²) in [5.41, 5.74) is 2.27. The van der Waals surface area contributed by atoms with Gasteiger partial charge in [-0.2, -0.15) is 0 Å². The van der Waals surface area contributed by atoms with Crippen LogP contribution in [0.3, 0.4) is 0 Å². The summed E-state index contributed by atoms with van der Waals surface area (Å²) in [7, 11) is 1.57. The van der Waals surface area contributed by atoms with Gasteiger partial charge in [-0.05, 0) is 44.9 Å².